The first-order chi connectivity index (χ1) is 14.1. The molecule has 0 unspecified atom stereocenters. The molecule has 160 valence electrons. The molecule has 2 aromatic carbocycles. The SMILES string of the molecule is CC(C)(C[C@@H]1Cc2ccccc2N(S(=O)(=O)C(=O)OCc2ccccc2)C1)C(=O)O. The van der Waals surface area contributed by atoms with Crippen molar-refractivity contribution in [1.29, 1.82) is 0 Å². The van der Waals surface area contributed by atoms with Crippen molar-refractivity contribution in [3.8, 4) is 0 Å². The molecule has 30 heavy (non-hydrogen) atoms. The molecule has 8 heteroatoms. The van der Waals surface area contributed by atoms with Crippen LogP contribution in [0.3, 0.4) is 0 Å². The van der Waals surface area contributed by atoms with Crippen molar-refractivity contribution in [2.45, 2.75) is 33.3 Å². The fourth-order valence-corrected chi connectivity index (χ4v) is 4.92. The standard InChI is InChI=1S/C22H25NO6S/c1-22(2,20(24)25)13-17-12-18-10-6-7-11-19(18)23(14-17)30(27,28)21(26)29-15-16-8-4-3-5-9-16/h3-11,17H,12-15H2,1-2H3,(H,24,25)/t17-/m0/s1. The normalized spacial score (nSPS) is 16.6. The van der Waals surface area contributed by atoms with E-state index in [0.29, 0.717) is 17.7 Å². The average Bonchev–Trinajstić information content (AvgIpc) is 2.71. The summed E-state index contributed by atoms with van der Waals surface area (Å²) >= 11 is 0. The lowest BCUT2D eigenvalue weighted by molar-refractivity contribution is -0.147. The Kier molecular flexibility index (Phi) is 6.17. The monoisotopic (exact) mass is 431 g/mol. The molecule has 0 spiro atoms. The first-order valence-corrected chi connectivity index (χ1v) is 11.1. The van der Waals surface area contributed by atoms with Gasteiger partial charge in [0.15, 0.2) is 0 Å². The van der Waals surface area contributed by atoms with Gasteiger partial charge in [-0.2, -0.15) is 8.42 Å². The van der Waals surface area contributed by atoms with Crippen molar-refractivity contribution in [2.75, 3.05) is 10.8 Å². The summed E-state index contributed by atoms with van der Waals surface area (Å²) in [5, 5.41) is 8.13. The maximum Gasteiger partial charge on any atom is 0.445 e. The molecular weight excluding hydrogens is 406 g/mol. The molecule has 1 heterocycles. The quantitative estimate of drug-likeness (QED) is 0.698. The van der Waals surface area contributed by atoms with Crippen LogP contribution in [0.25, 0.3) is 0 Å². The number of rotatable bonds is 6. The third-order valence-electron chi connectivity index (χ3n) is 5.27. The number of anilines is 1. The second-order valence-electron chi connectivity index (χ2n) is 8.15. The number of ether oxygens (including phenoxy) is 1. The highest BCUT2D eigenvalue weighted by Crippen LogP contribution is 2.37. The molecule has 1 aliphatic rings. The number of nitrogens with zero attached hydrogens (tertiary/aromatic N) is 1. The Morgan fingerprint density at radius 2 is 1.73 bits per heavy atom. The summed E-state index contributed by atoms with van der Waals surface area (Å²) in [5.41, 5.74) is 0.856. The van der Waals surface area contributed by atoms with Crippen LogP contribution < -0.4 is 4.31 Å². The largest absolute Gasteiger partial charge is 0.481 e. The Bertz CT molecular complexity index is 1030. The minimum atomic E-state index is -4.43. The maximum absolute atomic E-state index is 13.0. The zero-order valence-corrected chi connectivity index (χ0v) is 17.8. The zero-order chi connectivity index (χ0) is 21.9. The van der Waals surface area contributed by atoms with Gasteiger partial charge in [-0.25, -0.2) is 4.79 Å². The van der Waals surface area contributed by atoms with Crippen LogP contribution in [0.2, 0.25) is 0 Å². The summed E-state index contributed by atoms with van der Waals surface area (Å²) in [7, 11) is -4.43. The Hall–Kier alpha value is -2.87. The molecule has 1 atom stereocenters. The summed E-state index contributed by atoms with van der Waals surface area (Å²) in [6.45, 7) is 3.10. The van der Waals surface area contributed by atoms with Gasteiger partial charge in [0.2, 0.25) is 0 Å². The van der Waals surface area contributed by atoms with Crippen LogP contribution in [0, 0.1) is 11.3 Å². The molecular formula is C22H25NO6S. The van der Waals surface area contributed by atoms with E-state index in [0.717, 1.165) is 9.87 Å². The molecule has 7 nitrogen and oxygen atoms in total. The van der Waals surface area contributed by atoms with Crippen LogP contribution in [0.15, 0.2) is 54.6 Å². The van der Waals surface area contributed by atoms with Gasteiger partial charge in [-0.05, 0) is 49.8 Å². The molecule has 0 bridgehead atoms. The fraction of sp³-hybridized carbons (Fsp3) is 0.364. The molecule has 0 aliphatic carbocycles. The number of carbonyl (C=O) groups is 2. The number of hydrogen-bond donors (Lipinski definition) is 1. The van der Waals surface area contributed by atoms with E-state index < -0.39 is 26.7 Å². The van der Waals surface area contributed by atoms with Gasteiger partial charge < -0.3 is 9.84 Å². The minimum Gasteiger partial charge on any atom is -0.481 e. The summed E-state index contributed by atoms with van der Waals surface area (Å²) in [6.07, 6.45) is 0.819. The van der Waals surface area contributed by atoms with E-state index in [9.17, 15) is 23.1 Å². The first kappa shape index (κ1) is 21.8. The van der Waals surface area contributed by atoms with E-state index in [1.165, 1.54) is 0 Å². The maximum atomic E-state index is 13.0. The van der Waals surface area contributed by atoms with Crippen molar-refractivity contribution in [3.63, 3.8) is 0 Å². The van der Waals surface area contributed by atoms with Gasteiger partial charge >= 0.3 is 21.3 Å². The molecule has 0 saturated heterocycles. The van der Waals surface area contributed by atoms with Gasteiger partial charge in [0.05, 0.1) is 11.1 Å². The number of carboxylic acid groups (broad SMARTS) is 1. The highest BCUT2D eigenvalue weighted by Gasteiger charge is 2.40. The predicted molar refractivity (Wildman–Crippen MR) is 113 cm³/mol. The molecule has 1 N–H and O–H groups in total. The van der Waals surface area contributed by atoms with Crippen molar-refractivity contribution in [3.05, 3.63) is 65.7 Å². The van der Waals surface area contributed by atoms with Gasteiger partial charge in [-0.15, -0.1) is 0 Å². The van der Waals surface area contributed by atoms with E-state index in [-0.39, 0.29) is 25.5 Å². The molecule has 0 radical (unpaired) electrons. The summed E-state index contributed by atoms with van der Waals surface area (Å²) in [4.78, 5) is 24.0. The lowest BCUT2D eigenvalue weighted by Gasteiger charge is -2.36. The van der Waals surface area contributed by atoms with E-state index in [2.05, 4.69) is 0 Å². The van der Waals surface area contributed by atoms with Crippen molar-refractivity contribution < 1.29 is 27.9 Å². The zero-order valence-electron chi connectivity index (χ0n) is 16.9. The third-order valence-corrected chi connectivity index (χ3v) is 6.74. The Morgan fingerprint density at radius 3 is 2.40 bits per heavy atom. The Balaban J connectivity index is 1.84. The highest BCUT2D eigenvalue weighted by molar-refractivity contribution is 8.06. The van der Waals surface area contributed by atoms with Gasteiger partial charge in [0.1, 0.15) is 6.61 Å². The van der Waals surface area contributed by atoms with Gasteiger partial charge in [0.25, 0.3) is 0 Å². The van der Waals surface area contributed by atoms with E-state index in [1.807, 2.05) is 6.07 Å². The molecule has 1 aliphatic heterocycles. The smallest absolute Gasteiger partial charge is 0.445 e. The van der Waals surface area contributed by atoms with E-state index in [4.69, 9.17) is 4.74 Å². The lowest BCUT2D eigenvalue weighted by Crippen LogP contribution is -2.44. The average molecular weight is 432 g/mol. The second kappa shape index (κ2) is 8.47. The Morgan fingerprint density at radius 1 is 1.10 bits per heavy atom. The number of fused-ring (bicyclic) bond motifs is 1. The van der Waals surface area contributed by atoms with Crippen LogP contribution in [0.5, 0.6) is 0 Å². The fourth-order valence-electron chi connectivity index (χ4n) is 3.69. The van der Waals surface area contributed by atoms with Crippen LogP contribution in [0.1, 0.15) is 31.4 Å². The Labute approximate surface area is 176 Å². The number of carbonyl (C=O) groups excluding carboxylic acids is 1. The van der Waals surface area contributed by atoms with Crippen molar-refractivity contribution in [1.82, 2.24) is 0 Å². The van der Waals surface area contributed by atoms with Crippen LogP contribution in [-0.2, 0) is 32.6 Å². The molecule has 0 aromatic heterocycles. The first-order valence-electron chi connectivity index (χ1n) is 9.66. The van der Waals surface area contributed by atoms with Gasteiger partial charge in [0, 0.05) is 6.54 Å². The summed E-state index contributed by atoms with van der Waals surface area (Å²) in [5.74, 6) is -1.19. The number of sulfonamides is 1. The van der Waals surface area contributed by atoms with Crippen LogP contribution in [-0.4, -0.2) is 31.3 Å². The predicted octanol–water partition coefficient (Wildman–Crippen LogP) is 3.83. The van der Waals surface area contributed by atoms with Crippen molar-refractivity contribution >= 4 is 27.0 Å². The third kappa shape index (κ3) is 4.64. The van der Waals surface area contributed by atoms with Gasteiger partial charge in [-0.1, -0.05) is 48.5 Å². The minimum absolute atomic E-state index is 0.0243. The number of carboxylic acids is 1. The molecule has 3 rings (SSSR count). The van der Waals surface area contributed by atoms with Gasteiger partial charge in [-0.3, -0.25) is 9.10 Å². The topological polar surface area (TPSA) is 101 Å². The second-order valence-corrected chi connectivity index (χ2v) is 9.88. The molecule has 2 aromatic rings. The number of benzene rings is 2. The van der Waals surface area contributed by atoms with Crippen LogP contribution in [0.4, 0.5) is 10.5 Å². The number of hydrogen-bond acceptors (Lipinski definition) is 5. The molecule has 0 amide bonds. The number of para-hydroxylation sites is 1. The molecule has 0 saturated carbocycles. The van der Waals surface area contributed by atoms with Crippen LogP contribution >= 0.6 is 0 Å². The van der Waals surface area contributed by atoms with Crippen molar-refractivity contribution in [2.24, 2.45) is 11.3 Å². The van der Waals surface area contributed by atoms with E-state index >= 15 is 0 Å². The number of aliphatic carboxylic acids is 1. The van der Waals surface area contributed by atoms with E-state index in [1.54, 1.807) is 62.4 Å². The summed E-state index contributed by atoms with van der Waals surface area (Å²) in [6, 6.07) is 15.8. The molecule has 0 fully saturated rings. The lowest BCUT2D eigenvalue weighted by atomic mass is 9.79. The highest BCUT2D eigenvalue weighted by atomic mass is 32.2. The summed E-state index contributed by atoms with van der Waals surface area (Å²) < 4.78 is 32.2.